The minimum Gasteiger partial charge on any atom is -0.364 e. The highest BCUT2D eigenvalue weighted by molar-refractivity contribution is 7.75. The van der Waals surface area contributed by atoms with Crippen molar-refractivity contribution in [1.29, 1.82) is 0 Å². The van der Waals surface area contributed by atoms with E-state index in [0.29, 0.717) is 0 Å². The SMILES string of the molecule is CCOP(=O)(OCC)/C(=N\OC(=O)c1ccccc1)C(N)=O. The van der Waals surface area contributed by atoms with E-state index in [9.17, 15) is 14.2 Å². The van der Waals surface area contributed by atoms with Gasteiger partial charge in [0.2, 0.25) is 0 Å². The minimum atomic E-state index is -4.04. The van der Waals surface area contributed by atoms with E-state index >= 15 is 0 Å². The molecule has 0 saturated heterocycles. The smallest absolute Gasteiger partial charge is 0.364 e. The Labute approximate surface area is 127 Å². The Bertz CT molecular complexity index is 592. The number of benzene rings is 1. The van der Waals surface area contributed by atoms with Gasteiger partial charge in [-0.25, -0.2) is 4.79 Å². The number of carbonyl (C=O) groups excluding carboxylic acids is 2. The maximum absolute atomic E-state index is 12.4. The van der Waals surface area contributed by atoms with Gasteiger partial charge < -0.3 is 19.6 Å². The van der Waals surface area contributed by atoms with Gasteiger partial charge in [-0.3, -0.25) is 9.36 Å². The first-order valence-corrected chi connectivity index (χ1v) is 8.02. The Balaban J connectivity index is 3.02. The van der Waals surface area contributed by atoms with Gasteiger partial charge in [-0.05, 0) is 26.0 Å². The molecule has 120 valence electrons. The van der Waals surface area contributed by atoms with E-state index < -0.39 is 24.9 Å². The van der Waals surface area contributed by atoms with Crippen molar-refractivity contribution in [2.45, 2.75) is 13.8 Å². The van der Waals surface area contributed by atoms with Crippen LogP contribution in [-0.4, -0.2) is 30.5 Å². The molecule has 1 aromatic carbocycles. The summed E-state index contributed by atoms with van der Waals surface area (Å²) in [5, 5.41) is 3.29. The summed E-state index contributed by atoms with van der Waals surface area (Å²) in [5.74, 6) is -2.00. The van der Waals surface area contributed by atoms with Crippen LogP contribution in [0.3, 0.4) is 0 Å². The molecule has 1 rings (SSSR count). The maximum Gasteiger partial charge on any atom is 0.388 e. The highest BCUT2D eigenvalue weighted by Crippen LogP contribution is 2.49. The fourth-order valence-electron chi connectivity index (χ4n) is 1.44. The third-order valence-corrected chi connectivity index (χ3v) is 4.32. The van der Waals surface area contributed by atoms with Crippen molar-refractivity contribution in [1.82, 2.24) is 0 Å². The molecule has 0 spiro atoms. The minimum absolute atomic E-state index is 0.00376. The molecule has 0 aromatic heterocycles. The topological polar surface area (TPSA) is 117 Å². The molecule has 0 radical (unpaired) electrons. The number of hydrogen-bond acceptors (Lipinski definition) is 7. The molecular weight excluding hydrogens is 311 g/mol. The van der Waals surface area contributed by atoms with E-state index in [1.165, 1.54) is 12.1 Å². The van der Waals surface area contributed by atoms with Gasteiger partial charge in [-0.1, -0.05) is 23.4 Å². The first kappa shape index (κ1) is 18.0. The normalized spacial score (nSPS) is 12.0. The lowest BCUT2D eigenvalue weighted by Gasteiger charge is -2.16. The molecule has 0 aliphatic heterocycles. The van der Waals surface area contributed by atoms with Crippen molar-refractivity contribution < 1.29 is 28.0 Å². The van der Waals surface area contributed by atoms with Gasteiger partial charge in [0, 0.05) is 0 Å². The summed E-state index contributed by atoms with van der Waals surface area (Å²) in [6.45, 7) is 3.10. The van der Waals surface area contributed by atoms with Gasteiger partial charge in [-0.15, -0.1) is 0 Å². The number of oxime groups is 1. The van der Waals surface area contributed by atoms with E-state index in [0.717, 1.165) is 0 Å². The lowest BCUT2D eigenvalue weighted by atomic mass is 10.2. The van der Waals surface area contributed by atoms with E-state index in [1.54, 1.807) is 32.0 Å². The zero-order valence-electron chi connectivity index (χ0n) is 12.2. The van der Waals surface area contributed by atoms with E-state index in [2.05, 4.69) is 9.99 Å². The van der Waals surface area contributed by atoms with Crippen molar-refractivity contribution in [2.24, 2.45) is 10.9 Å². The van der Waals surface area contributed by atoms with Gasteiger partial charge in [0.25, 0.3) is 11.4 Å². The average Bonchev–Trinajstić information content (AvgIpc) is 2.48. The quantitative estimate of drug-likeness (QED) is 0.337. The summed E-state index contributed by atoms with van der Waals surface area (Å²) < 4.78 is 22.3. The first-order chi connectivity index (χ1) is 10.4. The molecule has 0 fully saturated rings. The fraction of sp³-hybridized carbons (Fsp3) is 0.308. The van der Waals surface area contributed by atoms with Crippen LogP contribution >= 0.6 is 7.60 Å². The van der Waals surface area contributed by atoms with E-state index in [-0.39, 0.29) is 18.8 Å². The summed E-state index contributed by atoms with van der Waals surface area (Å²) in [6.07, 6.45) is 0. The number of nitrogens with zero attached hydrogens (tertiary/aromatic N) is 1. The van der Waals surface area contributed by atoms with Crippen LogP contribution in [0.25, 0.3) is 0 Å². The molecule has 0 unspecified atom stereocenters. The highest BCUT2D eigenvalue weighted by atomic mass is 31.2. The molecule has 0 atom stereocenters. The summed E-state index contributed by atoms with van der Waals surface area (Å²) in [4.78, 5) is 27.8. The number of rotatable bonds is 8. The Morgan fingerprint density at radius 1 is 1.14 bits per heavy atom. The average molecular weight is 328 g/mol. The second-order valence-corrected chi connectivity index (χ2v) is 5.79. The number of nitrogens with two attached hydrogens (primary N) is 1. The molecule has 0 saturated carbocycles. The summed E-state index contributed by atoms with van der Waals surface area (Å²) >= 11 is 0. The van der Waals surface area contributed by atoms with Crippen molar-refractivity contribution in [3.8, 4) is 0 Å². The van der Waals surface area contributed by atoms with Crippen molar-refractivity contribution >= 4 is 24.9 Å². The largest absolute Gasteiger partial charge is 0.388 e. The van der Waals surface area contributed by atoms with Gasteiger partial charge in [0.15, 0.2) is 0 Å². The lowest BCUT2D eigenvalue weighted by molar-refractivity contribution is -0.111. The van der Waals surface area contributed by atoms with Crippen LogP contribution in [0.4, 0.5) is 0 Å². The fourth-order valence-corrected chi connectivity index (χ4v) is 2.85. The molecule has 22 heavy (non-hydrogen) atoms. The second-order valence-electron chi connectivity index (χ2n) is 3.86. The van der Waals surface area contributed by atoms with Gasteiger partial charge in [0.1, 0.15) is 0 Å². The van der Waals surface area contributed by atoms with Crippen LogP contribution < -0.4 is 5.73 Å². The zero-order valence-corrected chi connectivity index (χ0v) is 13.1. The summed E-state index contributed by atoms with van der Waals surface area (Å²) in [5.41, 5.74) is 4.56. The van der Waals surface area contributed by atoms with Crippen LogP contribution in [0.15, 0.2) is 35.5 Å². The Kier molecular flexibility index (Phi) is 6.91. The number of amides is 1. The Morgan fingerprint density at radius 2 is 1.68 bits per heavy atom. The Hall–Kier alpha value is -2.02. The van der Waals surface area contributed by atoms with Crippen LogP contribution in [-0.2, 0) is 23.2 Å². The van der Waals surface area contributed by atoms with E-state index in [4.69, 9.17) is 14.8 Å². The van der Waals surface area contributed by atoms with Crippen molar-refractivity contribution in [3.63, 3.8) is 0 Å². The third kappa shape index (κ3) is 4.77. The molecular formula is C13H17N2O6P. The Morgan fingerprint density at radius 3 is 2.14 bits per heavy atom. The maximum atomic E-state index is 12.4. The number of carbonyl (C=O) groups is 2. The predicted octanol–water partition coefficient (Wildman–Crippen LogP) is 1.91. The van der Waals surface area contributed by atoms with Gasteiger partial charge >= 0.3 is 13.6 Å². The zero-order chi connectivity index (χ0) is 16.6. The standard InChI is InChI=1S/C13H17N2O6P/c1-3-19-22(18,20-4-2)12(11(14)16)15-21-13(17)10-8-6-5-7-9-10/h5-9H,3-4H2,1-2H3,(H2,14,16)/b15-12-. The molecule has 0 bridgehead atoms. The summed E-state index contributed by atoms with van der Waals surface area (Å²) in [7, 11) is -4.04. The van der Waals surface area contributed by atoms with E-state index in [1.807, 2.05) is 0 Å². The monoisotopic (exact) mass is 328 g/mol. The first-order valence-electron chi connectivity index (χ1n) is 6.48. The molecule has 1 aromatic rings. The number of hydrogen-bond donors (Lipinski definition) is 1. The molecule has 0 heterocycles. The van der Waals surface area contributed by atoms with Crippen LogP contribution in [0, 0.1) is 0 Å². The third-order valence-electron chi connectivity index (χ3n) is 2.30. The predicted molar refractivity (Wildman–Crippen MR) is 79.3 cm³/mol. The van der Waals surface area contributed by atoms with Crippen molar-refractivity contribution in [3.05, 3.63) is 35.9 Å². The van der Waals surface area contributed by atoms with Crippen molar-refractivity contribution in [2.75, 3.05) is 13.2 Å². The molecule has 1 amide bonds. The van der Waals surface area contributed by atoms with Gasteiger partial charge in [-0.2, -0.15) is 0 Å². The highest BCUT2D eigenvalue weighted by Gasteiger charge is 2.37. The molecule has 9 heteroatoms. The molecule has 8 nitrogen and oxygen atoms in total. The molecule has 0 aliphatic carbocycles. The van der Waals surface area contributed by atoms with Crippen LogP contribution in [0.1, 0.15) is 24.2 Å². The molecule has 2 N–H and O–H groups in total. The van der Waals surface area contributed by atoms with Crippen LogP contribution in [0.2, 0.25) is 0 Å². The molecule has 0 aliphatic rings. The number of primary amides is 1. The lowest BCUT2D eigenvalue weighted by Crippen LogP contribution is -2.26. The second kappa shape index (κ2) is 8.43. The van der Waals surface area contributed by atoms with Gasteiger partial charge in [0.05, 0.1) is 18.8 Å². The summed E-state index contributed by atoms with van der Waals surface area (Å²) in [6, 6.07) is 7.95. The van der Waals surface area contributed by atoms with Crippen LogP contribution in [0.5, 0.6) is 0 Å².